The number of carbonyl (C=O) groups excluding carboxylic acids is 3. The van der Waals surface area contributed by atoms with E-state index in [1.165, 1.54) is 11.0 Å². The number of hydrogen-bond acceptors (Lipinski definition) is 6. The molecular formula is C26H43N3O6. The number of benzene rings is 1. The summed E-state index contributed by atoms with van der Waals surface area (Å²) in [4.78, 5) is 41.0. The molecule has 0 aromatic heterocycles. The van der Waals surface area contributed by atoms with E-state index in [-0.39, 0.29) is 17.4 Å². The molecule has 198 valence electrons. The number of aliphatic hydroxyl groups excluding tert-OH is 1. The Morgan fingerprint density at radius 3 is 2.09 bits per heavy atom. The maximum atomic E-state index is 13.8. The van der Waals surface area contributed by atoms with Crippen LogP contribution in [0, 0.1) is 5.92 Å². The quantitative estimate of drug-likeness (QED) is 0.374. The number of alkyl carbamates (subject to hydrolysis) is 1. The molecule has 1 rings (SSSR count). The predicted molar refractivity (Wildman–Crippen MR) is 135 cm³/mol. The van der Waals surface area contributed by atoms with Crippen LogP contribution in [0.2, 0.25) is 0 Å². The number of aromatic hydroxyl groups is 1. The van der Waals surface area contributed by atoms with Crippen molar-refractivity contribution in [3.8, 4) is 5.75 Å². The highest BCUT2D eigenvalue weighted by molar-refractivity contribution is 5.93. The number of amides is 3. The van der Waals surface area contributed by atoms with Crippen LogP contribution in [0.5, 0.6) is 5.75 Å². The first-order chi connectivity index (χ1) is 16.2. The van der Waals surface area contributed by atoms with Crippen molar-refractivity contribution < 1.29 is 29.3 Å². The fraction of sp³-hybridized carbons (Fsp3) is 0.654. The first kappa shape index (κ1) is 30.2. The molecule has 0 spiro atoms. The van der Waals surface area contributed by atoms with Gasteiger partial charge in [0.2, 0.25) is 11.8 Å². The van der Waals surface area contributed by atoms with Gasteiger partial charge in [-0.1, -0.05) is 32.0 Å². The number of para-hydroxylation sites is 1. The minimum Gasteiger partial charge on any atom is -0.508 e. The number of phenolic OH excluding ortho intramolecular Hbond substituents is 1. The van der Waals surface area contributed by atoms with Crippen molar-refractivity contribution in [3.05, 3.63) is 29.8 Å². The summed E-state index contributed by atoms with van der Waals surface area (Å²) < 4.78 is 5.25. The number of phenols is 1. The second kappa shape index (κ2) is 13.3. The van der Waals surface area contributed by atoms with Crippen molar-refractivity contribution in [1.82, 2.24) is 15.5 Å². The summed E-state index contributed by atoms with van der Waals surface area (Å²) in [5, 5.41) is 25.9. The van der Waals surface area contributed by atoms with Gasteiger partial charge < -0.3 is 30.5 Å². The average molecular weight is 494 g/mol. The van der Waals surface area contributed by atoms with Crippen LogP contribution in [-0.4, -0.2) is 63.4 Å². The van der Waals surface area contributed by atoms with Crippen LogP contribution in [0.25, 0.3) is 0 Å². The molecule has 3 amide bonds. The monoisotopic (exact) mass is 493 g/mol. The van der Waals surface area contributed by atoms with E-state index in [4.69, 9.17) is 4.74 Å². The third-order valence-electron chi connectivity index (χ3n) is 5.25. The zero-order chi connectivity index (χ0) is 26.9. The molecule has 0 aliphatic heterocycles. The minimum atomic E-state index is -1.34. The zero-order valence-electron chi connectivity index (χ0n) is 22.3. The normalized spacial score (nSPS) is 14.3. The lowest BCUT2D eigenvalue weighted by Crippen LogP contribution is -2.57. The highest BCUT2D eigenvalue weighted by Crippen LogP contribution is 2.32. The van der Waals surface area contributed by atoms with Crippen molar-refractivity contribution in [2.75, 3.05) is 6.61 Å². The third-order valence-corrected chi connectivity index (χ3v) is 5.25. The lowest BCUT2D eigenvalue weighted by molar-refractivity contribution is -0.146. The Morgan fingerprint density at radius 2 is 1.60 bits per heavy atom. The fourth-order valence-corrected chi connectivity index (χ4v) is 3.63. The Hall–Kier alpha value is -2.81. The van der Waals surface area contributed by atoms with Crippen molar-refractivity contribution >= 4 is 17.9 Å². The van der Waals surface area contributed by atoms with Gasteiger partial charge in [0, 0.05) is 17.6 Å². The molecule has 0 radical (unpaired) electrons. The third kappa shape index (κ3) is 9.76. The fourth-order valence-electron chi connectivity index (χ4n) is 3.63. The molecular weight excluding hydrogens is 450 g/mol. The molecule has 3 atom stereocenters. The molecule has 1 aromatic carbocycles. The highest BCUT2D eigenvalue weighted by atomic mass is 16.6. The molecule has 0 saturated heterocycles. The number of nitrogens with one attached hydrogen (secondary N) is 2. The number of ether oxygens (including phenoxy) is 1. The van der Waals surface area contributed by atoms with Crippen LogP contribution in [-0.2, 0) is 14.3 Å². The summed E-state index contributed by atoms with van der Waals surface area (Å²) in [7, 11) is 0. The van der Waals surface area contributed by atoms with Gasteiger partial charge >= 0.3 is 6.09 Å². The molecule has 0 bridgehead atoms. The zero-order valence-corrected chi connectivity index (χ0v) is 22.3. The molecule has 0 heterocycles. The van der Waals surface area contributed by atoms with Crippen LogP contribution in [0.4, 0.5) is 4.79 Å². The number of nitrogens with zero attached hydrogens (tertiary/aromatic N) is 1. The second-order valence-electron chi connectivity index (χ2n) is 10.6. The molecule has 0 saturated carbocycles. The molecule has 35 heavy (non-hydrogen) atoms. The van der Waals surface area contributed by atoms with E-state index in [2.05, 4.69) is 24.5 Å². The summed E-state index contributed by atoms with van der Waals surface area (Å²) in [6, 6.07) is 3.17. The smallest absolute Gasteiger partial charge is 0.408 e. The van der Waals surface area contributed by atoms with Crippen LogP contribution in [0.1, 0.15) is 79.8 Å². The van der Waals surface area contributed by atoms with E-state index < -0.39 is 48.2 Å². The van der Waals surface area contributed by atoms with E-state index in [1.807, 2.05) is 6.92 Å². The Kier molecular flexibility index (Phi) is 11.5. The van der Waals surface area contributed by atoms with Crippen molar-refractivity contribution in [1.29, 1.82) is 0 Å². The Bertz CT molecular complexity index is 850. The first-order valence-corrected chi connectivity index (χ1v) is 12.2. The maximum Gasteiger partial charge on any atom is 0.408 e. The largest absolute Gasteiger partial charge is 0.508 e. The van der Waals surface area contributed by atoms with Gasteiger partial charge in [0.1, 0.15) is 23.4 Å². The lowest BCUT2D eigenvalue weighted by Gasteiger charge is -2.39. The van der Waals surface area contributed by atoms with E-state index in [0.29, 0.717) is 12.3 Å². The van der Waals surface area contributed by atoms with Crippen LogP contribution in [0.3, 0.4) is 0 Å². The van der Waals surface area contributed by atoms with Crippen LogP contribution < -0.4 is 10.6 Å². The highest BCUT2D eigenvalue weighted by Gasteiger charge is 2.39. The molecule has 0 aliphatic carbocycles. The molecule has 9 nitrogen and oxygen atoms in total. The van der Waals surface area contributed by atoms with Crippen LogP contribution in [0.15, 0.2) is 24.3 Å². The molecule has 0 fully saturated rings. The second-order valence-corrected chi connectivity index (χ2v) is 10.6. The number of hydrogen-bond donors (Lipinski definition) is 4. The Morgan fingerprint density at radius 1 is 1.00 bits per heavy atom. The minimum absolute atomic E-state index is 0.133. The summed E-state index contributed by atoms with van der Waals surface area (Å²) in [5.74, 6) is -0.899. The van der Waals surface area contributed by atoms with Crippen molar-refractivity contribution in [3.63, 3.8) is 0 Å². The summed E-state index contributed by atoms with van der Waals surface area (Å²) in [5.41, 5.74) is -0.545. The van der Waals surface area contributed by atoms with Gasteiger partial charge in [-0.15, -0.1) is 0 Å². The van der Waals surface area contributed by atoms with E-state index in [0.717, 1.165) is 6.42 Å². The molecule has 1 aromatic rings. The van der Waals surface area contributed by atoms with E-state index in [1.54, 1.807) is 52.8 Å². The topological polar surface area (TPSA) is 128 Å². The van der Waals surface area contributed by atoms with Crippen LogP contribution >= 0.6 is 0 Å². The van der Waals surface area contributed by atoms with Gasteiger partial charge in [0.05, 0.1) is 6.61 Å². The molecule has 4 N–H and O–H groups in total. The molecule has 0 aliphatic rings. The van der Waals surface area contributed by atoms with Gasteiger partial charge in [-0.3, -0.25) is 9.59 Å². The lowest BCUT2D eigenvalue weighted by atomic mass is 9.96. The summed E-state index contributed by atoms with van der Waals surface area (Å²) in [6.45, 7) is 13.9. The number of aliphatic hydroxyl groups is 1. The van der Waals surface area contributed by atoms with E-state index >= 15 is 0 Å². The van der Waals surface area contributed by atoms with Gasteiger partial charge in [-0.25, -0.2) is 4.79 Å². The standard InChI is InChI=1S/C26H43N3O6/c1-16(2)13-14-18(5)29(24(33)20(15-30)28-25(34)35-26(6,7)8)22(23(32)27-17(3)4)19-11-9-10-12-21(19)31/h9-12,16-18,20,22,30-31H,13-15H2,1-8H3,(H,27,32)(H,28,34). The number of carbonyl (C=O) groups is 3. The number of rotatable bonds is 11. The van der Waals surface area contributed by atoms with Crippen molar-refractivity contribution in [2.45, 2.75) is 98.0 Å². The Labute approximate surface area is 209 Å². The van der Waals surface area contributed by atoms with Crippen molar-refractivity contribution in [2.24, 2.45) is 5.92 Å². The predicted octanol–water partition coefficient (Wildman–Crippen LogP) is 3.50. The summed E-state index contributed by atoms with van der Waals surface area (Å²) >= 11 is 0. The summed E-state index contributed by atoms with van der Waals surface area (Å²) in [6.07, 6.45) is 0.506. The van der Waals surface area contributed by atoms with E-state index in [9.17, 15) is 24.6 Å². The molecule has 9 heteroatoms. The maximum absolute atomic E-state index is 13.8. The van der Waals surface area contributed by atoms with Gasteiger partial charge in [-0.05, 0) is 66.4 Å². The molecule has 3 unspecified atom stereocenters. The SMILES string of the molecule is CC(C)CCC(C)N(C(=O)C(CO)NC(=O)OC(C)(C)C)C(C(=O)NC(C)C)c1ccccc1O. The Balaban J connectivity index is 3.52. The average Bonchev–Trinajstić information content (AvgIpc) is 2.72. The van der Waals surface area contributed by atoms with Gasteiger partial charge in [0.25, 0.3) is 0 Å². The van der Waals surface area contributed by atoms with Gasteiger partial charge in [0.15, 0.2) is 0 Å². The first-order valence-electron chi connectivity index (χ1n) is 12.2. The van der Waals surface area contributed by atoms with Gasteiger partial charge in [-0.2, -0.15) is 0 Å².